The van der Waals surface area contributed by atoms with E-state index in [1.54, 1.807) is 6.92 Å². The van der Waals surface area contributed by atoms with Gasteiger partial charge in [0.05, 0.1) is 0 Å². The van der Waals surface area contributed by atoms with E-state index in [0.29, 0.717) is 21.7 Å². The van der Waals surface area contributed by atoms with Crippen LogP contribution < -0.4 is 0 Å². The fourth-order valence-corrected chi connectivity index (χ4v) is 2.20. The molecule has 1 saturated heterocycles. The Morgan fingerprint density at radius 1 is 1.19 bits per heavy atom. The molecule has 0 saturated carbocycles. The lowest BCUT2D eigenvalue weighted by Crippen LogP contribution is -2.32. The van der Waals surface area contributed by atoms with Crippen LogP contribution in [0.4, 0.5) is 0 Å². The highest BCUT2D eigenvalue weighted by Crippen LogP contribution is 2.34. The van der Waals surface area contributed by atoms with E-state index in [2.05, 4.69) is 9.97 Å². The molecular formula is C11H14Cl2N2O. The number of hydrogen-bond donors (Lipinski definition) is 0. The standard InChI is InChI=1S/C11H14Cl2N2O/c1-7-8(12)14-10(15-9(7)13)11(2)5-3-4-6-16-11/h3-6H2,1-2H3. The van der Waals surface area contributed by atoms with Crippen LogP contribution in [0.1, 0.15) is 37.6 Å². The number of rotatable bonds is 1. The Bertz CT molecular complexity index is 380. The lowest BCUT2D eigenvalue weighted by molar-refractivity contribution is -0.0760. The zero-order valence-corrected chi connectivity index (χ0v) is 10.9. The molecule has 2 rings (SSSR count). The Balaban J connectivity index is 2.39. The fraction of sp³-hybridized carbons (Fsp3) is 0.636. The molecule has 1 aromatic heterocycles. The summed E-state index contributed by atoms with van der Waals surface area (Å²) in [5.74, 6) is 0.591. The number of halogens is 2. The Labute approximate surface area is 105 Å². The van der Waals surface area contributed by atoms with Gasteiger partial charge in [-0.1, -0.05) is 23.2 Å². The molecule has 0 amide bonds. The molecule has 0 radical (unpaired) electrons. The third-order valence-corrected chi connectivity index (χ3v) is 3.70. The summed E-state index contributed by atoms with van der Waals surface area (Å²) in [6.07, 6.45) is 3.11. The Hall–Kier alpha value is -0.380. The highest BCUT2D eigenvalue weighted by atomic mass is 35.5. The lowest BCUT2D eigenvalue weighted by atomic mass is 9.95. The van der Waals surface area contributed by atoms with Crippen molar-refractivity contribution in [2.45, 2.75) is 38.7 Å². The van der Waals surface area contributed by atoms with Gasteiger partial charge in [0, 0.05) is 12.2 Å². The summed E-state index contributed by atoms with van der Waals surface area (Å²) in [4.78, 5) is 8.55. The molecule has 1 fully saturated rings. The van der Waals surface area contributed by atoms with Crippen LogP contribution >= 0.6 is 23.2 Å². The van der Waals surface area contributed by atoms with Crippen molar-refractivity contribution in [1.82, 2.24) is 9.97 Å². The van der Waals surface area contributed by atoms with E-state index in [0.717, 1.165) is 25.9 Å². The number of aromatic nitrogens is 2. The summed E-state index contributed by atoms with van der Waals surface area (Å²) >= 11 is 12.0. The van der Waals surface area contributed by atoms with Gasteiger partial charge in [-0.3, -0.25) is 0 Å². The van der Waals surface area contributed by atoms with Gasteiger partial charge in [0.25, 0.3) is 0 Å². The smallest absolute Gasteiger partial charge is 0.163 e. The average molecular weight is 261 g/mol. The fourth-order valence-electron chi connectivity index (χ4n) is 1.81. The molecular weight excluding hydrogens is 247 g/mol. The summed E-state index contributed by atoms with van der Waals surface area (Å²) in [5, 5.41) is 0.816. The molecule has 1 aromatic rings. The number of nitrogens with zero attached hydrogens (tertiary/aromatic N) is 2. The van der Waals surface area contributed by atoms with Gasteiger partial charge in [0.15, 0.2) is 5.82 Å². The largest absolute Gasteiger partial charge is 0.367 e. The SMILES string of the molecule is Cc1c(Cl)nc(C2(C)CCCCO2)nc1Cl. The molecule has 0 spiro atoms. The predicted molar refractivity (Wildman–Crippen MR) is 63.9 cm³/mol. The quantitative estimate of drug-likeness (QED) is 0.725. The van der Waals surface area contributed by atoms with Crippen molar-refractivity contribution in [1.29, 1.82) is 0 Å². The van der Waals surface area contributed by atoms with Crippen LogP contribution in [0.25, 0.3) is 0 Å². The zero-order chi connectivity index (χ0) is 11.8. The van der Waals surface area contributed by atoms with Crippen molar-refractivity contribution in [3.8, 4) is 0 Å². The second-order valence-electron chi connectivity index (χ2n) is 4.29. The molecule has 5 heteroatoms. The molecule has 1 unspecified atom stereocenters. The van der Waals surface area contributed by atoms with Crippen molar-refractivity contribution < 1.29 is 4.74 Å². The molecule has 1 atom stereocenters. The van der Waals surface area contributed by atoms with Crippen LogP contribution in [0.5, 0.6) is 0 Å². The van der Waals surface area contributed by atoms with Crippen molar-refractivity contribution in [3.63, 3.8) is 0 Å². The van der Waals surface area contributed by atoms with E-state index in [9.17, 15) is 0 Å². The maximum Gasteiger partial charge on any atom is 0.163 e. The van der Waals surface area contributed by atoms with E-state index in [-0.39, 0.29) is 0 Å². The highest BCUT2D eigenvalue weighted by molar-refractivity contribution is 6.34. The minimum absolute atomic E-state index is 0.408. The summed E-state index contributed by atoms with van der Waals surface area (Å²) in [6, 6.07) is 0. The molecule has 0 aromatic carbocycles. The third kappa shape index (κ3) is 2.17. The monoisotopic (exact) mass is 260 g/mol. The molecule has 0 N–H and O–H groups in total. The van der Waals surface area contributed by atoms with Crippen molar-refractivity contribution in [2.24, 2.45) is 0 Å². The lowest BCUT2D eigenvalue weighted by Gasteiger charge is -2.32. The van der Waals surface area contributed by atoms with Gasteiger partial charge in [-0.25, -0.2) is 9.97 Å². The Morgan fingerprint density at radius 2 is 1.81 bits per heavy atom. The molecule has 0 aliphatic carbocycles. The summed E-state index contributed by atoms with van der Waals surface area (Å²) in [5.41, 5.74) is 0.269. The van der Waals surface area contributed by atoms with Gasteiger partial charge in [0.1, 0.15) is 15.9 Å². The Morgan fingerprint density at radius 3 is 2.31 bits per heavy atom. The highest BCUT2D eigenvalue weighted by Gasteiger charge is 2.33. The second-order valence-corrected chi connectivity index (χ2v) is 5.01. The number of hydrogen-bond acceptors (Lipinski definition) is 3. The van der Waals surface area contributed by atoms with E-state index in [1.807, 2.05) is 6.92 Å². The van der Waals surface area contributed by atoms with Gasteiger partial charge in [0.2, 0.25) is 0 Å². The molecule has 1 aliphatic rings. The summed E-state index contributed by atoms with van der Waals surface area (Å²) in [7, 11) is 0. The first kappa shape index (κ1) is 12.1. The van der Waals surface area contributed by atoms with Gasteiger partial charge in [-0.2, -0.15) is 0 Å². The van der Waals surface area contributed by atoms with Crippen LogP contribution in [0.2, 0.25) is 10.3 Å². The van der Waals surface area contributed by atoms with E-state index in [1.165, 1.54) is 0 Å². The van der Waals surface area contributed by atoms with E-state index in [4.69, 9.17) is 27.9 Å². The van der Waals surface area contributed by atoms with Crippen molar-refractivity contribution in [3.05, 3.63) is 21.7 Å². The molecule has 0 bridgehead atoms. The van der Waals surface area contributed by atoms with Gasteiger partial charge >= 0.3 is 0 Å². The topological polar surface area (TPSA) is 35.0 Å². The first-order valence-electron chi connectivity index (χ1n) is 5.37. The number of ether oxygens (including phenoxy) is 1. The molecule has 16 heavy (non-hydrogen) atoms. The minimum atomic E-state index is -0.445. The van der Waals surface area contributed by atoms with Crippen molar-refractivity contribution in [2.75, 3.05) is 6.61 Å². The minimum Gasteiger partial charge on any atom is -0.367 e. The van der Waals surface area contributed by atoms with Gasteiger partial charge in [-0.05, 0) is 33.1 Å². The molecule has 88 valence electrons. The van der Waals surface area contributed by atoms with Crippen LogP contribution in [0, 0.1) is 6.92 Å². The average Bonchev–Trinajstić information content (AvgIpc) is 2.26. The van der Waals surface area contributed by atoms with Crippen LogP contribution in [0.15, 0.2) is 0 Å². The molecule has 3 nitrogen and oxygen atoms in total. The van der Waals surface area contributed by atoms with E-state index >= 15 is 0 Å². The van der Waals surface area contributed by atoms with Crippen LogP contribution in [0.3, 0.4) is 0 Å². The third-order valence-electron chi connectivity index (χ3n) is 2.97. The predicted octanol–water partition coefficient (Wildman–Crippen LogP) is 3.51. The van der Waals surface area contributed by atoms with E-state index < -0.39 is 5.60 Å². The summed E-state index contributed by atoms with van der Waals surface area (Å²) in [6.45, 7) is 4.53. The first-order valence-corrected chi connectivity index (χ1v) is 6.12. The van der Waals surface area contributed by atoms with Crippen LogP contribution in [-0.2, 0) is 10.3 Å². The maximum absolute atomic E-state index is 6.01. The first-order chi connectivity index (χ1) is 7.53. The maximum atomic E-state index is 6.01. The summed E-state index contributed by atoms with van der Waals surface area (Å²) < 4.78 is 5.76. The zero-order valence-electron chi connectivity index (χ0n) is 9.39. The molecule has 1 aliphatic heterocycles. The Kier molecular flexibility index (Phi) is 3.38. The second kappa shape index (κ2) is 4.47. The van der Waals surface area contributed by atoms with Gasteiger partial charge in [-0.15, -0.1) is 0 Å². The normalized spacial score (nSPS) is 25.8. The van der Waals surface area contributed by atoms with Crippen LogP contribution in [-0.4, -0.2) is 16.6 Å². The molecule has 2 heterocycles. The van der Waals surface area contributed by atoms with Crippen molar-refractivity contribution >= 4 is 23.2 Å². The van der Waals surface area contributed by atoms with Gasteiger partial charge < -0.3 is 4.74 Å².